The summed E-state index contributed by atoms with van der Waals surface area (Å²) >= 11 is 0. The van der Waals surface area contributed by atoms with E-state index in [2.05, 4.69) is 20.3 Å². The van der Waals surface area contributed by atoms with Gasteiger partial charge in [-0.2, -0.15) is 4.98 Å². The van der Waals surface area contributed by atoms with Gasteiger partial charge in [0, 0.05) is 11.4 Å². The molecule has 2 aromatic heterocycles. The Morgan fingerprint density at radius 3 is 2.40 bits per heavy atom. The van der Waals surface area contributed by atoms with Gasteiger partial charge in [0.2, 0.25) is 11.8 Å². The Morgan fingerprint density at radius 1 is 1.00 bits per heavy atom. The predicted molar refractivity (Wildman–Crippen MR) is 106 cm³/mol. The van der Waals surface area contributed by atoms with Gasteiger partial charge >= 0.3 is 11.9 Å². The van der Waals surface area contributed by atoms with Crippen molar-refractivity contribution < 1.29 is 24.5 Å². The molecule has 0 amide bonds. The van der Waals surface area contributed by atoms with Crippen molar-refractivity contribution in [3.8, 4) is 11.4 Å². The lowest BCUT2D eigenvalue weighted by molar-refractivity contribution is -0.139. The molecular formula is C20H15N5O5. The molecule has 0 unspecified atom stereocenters. The summed E-state index contributed by atoms with van der Waals surface area (Å²) in [6, 6.07) is 15.5. The van der Waals surface area contributed by atoms with Crippen LogP contribution in [0.1, 0.15) is 10.6 Å². The lowest BCUT2D eigenvalue weighted by atomic mass is 10.3. The van der Waals surface area contributed by atoms with E-state index < -0.39 is 18.5 Å². The highest BCUT2D eigenvalue weighted by Crippen LogP contribution is 2.23. The van der Waals surface area contributed by atoms with Gasteiger partial charge in [-0.15, -0.1) is 0 Å². The second kappa shape index (κ2) is 7.87. The van der Waals surface area contributed by atoms with Crippen LogP contribution in [0, 0.1) is 0 Å². The summed E-state index contributed by atoms with van der Waals surface area (Å²) in [6.45, 7) is -0.429. The fourth-order valence-corrected chi connectivity index (χ4v) is 2.81. The van der Waals surface area contributed by atoms with Gasteiger partial charge in [-0.25, -0.2) is 19.6 Å². The zero-order valence-corrected chi connectivity index (χ0v) is 15.4. The number of hydrogen-bond acceptors (Lipinski definition) is 7. The molecule has 0 bridgehead atoms. The van der Waals surface area contributed by atoms with Crippen LogP contribution in [-0.4, -0.2) is 48.3 Å². The minimum atomic E-state index is -1.18. The maximum absolute atomic E-state index is 11.7. The predicted octanol–water partition coefficient (Wildman–Crippen LogP) is 2.72. The van der Waals surface area contributed by atoms with Crippen LogP contribution in [0.4, 0.5) is 11.6 Å². The molecule has 0 spiro atoms. The number of nitrogens with one attached hydrogen (secondary N) is 1. The number of aromatic nitrogens is 4. The van der Waals surface area contributed by atoms with Crippen molar-refractivity contribution in [2.24, 2.45) is 0 Å². The zero-order chi connectivity index (χ0) is 21.1. The molecule has 3 N–H and O–H groups in total. The molecule has 30 heavy (non-hydrogen) atoms. The first kappa shape index (κ1) is 18.9. The Morgan fingerprint density at radius 2 is 1.73 bits per heavy atom. The number of rotatable bonds is 7. The van der Waals surface area contributed by atoms with E-state index in [1.807, 2.05) is 6.07 Å². The monoisotopic (exact) mass is 405 g/mol. The van der Waals surface area contributed by atoms with Crippen molar-refractivity contribution in [2.45, 2.75) is 0 Å². The van der Waals surface area contributed by atoms with Crippen molar-refractivity contribution in [1.82, 2.24) is 19.5 Å². The maximum atomic E-state index is 11.7. The second-order valence-electron chi connectivity index (χ2n) is 6.15. The molecule has 2 heterocycles. The number of carbonyl (C=O) groups is 2. The van der Waals surface area contributed by atoms with E-state index in [1.54, 1.807) is 48.5 Å². The van der Waals surface area contributed by atoms with Gasteiger partial charge in [-0.1, -0.05) is 18.2 Å². The maximum Gasteiger partial charge on any atom is 0.372 e. The zero-order valence-electron chi connectivity index (χ0n) is 15.4. The molecule has 4 aromatic rings. The van der Waals surface area contributed by atoms with Crippen LogP contribution in [-0.2, 0) is 4.79 Å². The summed E-state index contributed by atoms with van der Waals surface area (Å²) in [5.41, 5.74) is 1.94. The third-order valence-electron chi connectivity index (χ3n) is 4.08. The van der Waals surface area contributed by atoms with E-state index in [0.717, 1.165) is 0 Å². The molecule has 2 aromatic carbocycles. The quantitative estimate of drug-likeness (QED) is 0.423. The highest BCUT2D eigenvalue weighted by molar-refractivity contribution is 5.90. The van der Waals surface area contributed by atoms with E-state index in [9.17, 15) is 14.7 Å². The van der Waals surface area contributed by atoms with Crippen LogP contribution in [0.5, 0.6) is 5.75 Å². The lowest BCUT2D eigenvalue weighted by Gasteiger charge is -2.08. The number of fused-ring (bicyclic) bond motifs is 1. The summed E-state index contributed by atoms with van der Waals surface area (Å²) in [5.74, 6) is -1.75. The Bertz CT molecular complexity index is 1220. The summed E-state index contributed by atoms with van der Waals surface area (Å²) in [5, 5.41) is 21.2. The molecule has 0 atom stereocenters. The first-order chi connectivity index (χ1) is 14.5. The minimum absolute atomic E-state index is 0.164. The number of para-hydroxylation sites is 1. The average Bonchev–Trinajstić information content (AvgIpc) is 3.13. The molecule has 0 aliphatic rings. The van der Waals surface area contributed by atoms with Crippen molar-refractivity contribution in [2.75, 3.05) is 11.9 Å². The van der Waals surface area contributed by atoms with Crippen molar-refractivity contribution >= 4 is 34.7 Å². The van der Waals surface area contributed by atoms with Crippen LogP contribution in [0.3, 0.4) is 0 Å². The van der Waals surface area contributed by atoms with Gasteiger partial charge in [0.15, 0.2) is 12.3 Å². The third kappa shape index (κ3) is 3.87. The summed E-state index contributed by atoms with van der Waals surface area (Å²) < 4.78 is 6.55. The summed E-state index contributed by atoms with van der Waals surface area (Å²) in [7, 11) is 0. The SMILES string of the molecule is O=C(O)COc1ccc(Nc2ncc3nc(C(=O)O)n(-c4ccccc4)c3n2)cc1. The Balaban J connectivity index is 1.66. The number of aliphatic carboxylic acids is 1. The molecule has 10 heteroatoms. The molecule has 150 valence electrons. The molecule has 0 radical (unpaired) electrons. The Hall–Kier alpha value is -4.47. The number of imidazole rings is 1. The molecule has 0 fully saturated rings. The number of ether oxygens (including phenoxy) is 1. The molecule has 10 nitrogen and oxygen atoms in total. The third-order valence-corrected chi connectivity index (χ3v) is 4.08. The van der Waals surface area contributed by atoms with E-state index in [4.69, 9.17) is 9.84 Å². The van der Waals surface area contributed by atoms with Crippen LogP contribution >= 0.6 is 0 Å². The summed E-state index contributed by atoms with van der Waals surface area (Å²) in [4.78, 5) is 35.0. The smallest absolute Gasteiger partial charge is 0.372 e. The number of hydrogen-bond donors (Lipinski definition) is 3. The molecule has 0 saturated heterocycles. The van der Waals surface area contributed by atoms with Gasteiger partial charge in [-0.05, 0) is 36.4 Å². The van der Waals surface area contributed by atoms with Crippen LogP contribution in [0.15, 0.2) is 60.8 Å². The fourth-order valence-electron chi connectivity index (χ4n) is 2.81. The van der Waals surface area contributed by atoms with Gasteiger partial charge in [-0.3, -0.25) is 4.57 Å². The lowest BCUT2D eigenvalue weighted by Crippen LogP contribution is -2.09. The van der Waals surface area contributed by atoms with Gasteiger partial charge in [0.1, 0.15) is 11.3 Å². The van der Waals surface area contributed by atoms with Gasteiger partial charge < -0.3 is 20.3 Å². The number of benzene rings is 2. The average molecular weight is 405 g/mol. The molecule has 0 aliphatic carbocycles. The Kier molecular flexibility index (Phi) is 4.95. The molecule has 0 saturated carbocycles. The Labute approximate surface area is 169 Å². The highest BCUT2D eigenvalue weighted by atomic mass is 16.5. The van der Waals surface area contributed by atoms with Crippen molar-refractivity contribution in [3.05, 3.63) is 66.6 Å². The van der Waals surface area contributed by atoms with Crippen LogP contribution in [0.25, 0.3) is 16.9 Å². The second-order valence-corrected chi connectivity index (χ2v) is 6.15. The van der Waals surface area contributed by atoms with Crippen LogP contribution in [0.2, 0.25) is 0 Å². The largest absolute Gasteiger partial charge is 0.482 e. The van der Waals surface area contributed by atoms with E-state index in [1.165, 1.54) is 10.8 Å². The van der Waals surface area contributed by atoms with E-state index in [0.29, 0.717) is 28.3 Å². The summed E-state index contributed by atoms with van der Waals surface area (Å²) in [6.07, 6.45) is 1.45. The van der Waals surface area contributed by atoms with Crippen molar-refractivity contribution in [1.29, 1.82) is 0 Å². The number of carboxylic acid groups (broad SMARTS) is 2. The molecule has 4 rings (SSSR count). The van der Waals surface area contributed by atoms with Gasteiger partial charge in [0.05, 0.1) is 6.20 Å². The standard InChI is InChI=1S/C20H15N5O5/c26-16(27)11-30-14-8-6-12(7-9-14)22-20-21-10-15-17(24-20)25(18(23-15)19(28)29)13-4-2-1-3-5-13/h1-10H,11H2,(H,26,27)(H,28,29)(H,21,22,24). The number of nitrogens with zero attached hydrogens (tertiary/aromatic N) is 4. The topological polar surface area (TPSA) is 139 Å². The normalized spacial score (nSPS) is 10.7. The fraction of sp³-hybridized carbons (Fsp3) is 0.0500. The van der Waals surface area contributed by atoms with E-state index >= 15 is 0 Å². The number of carboxylic acids is 2. The number of anilines is 2. The van der Waals surface area contributed by atoms with Crippen LogP contribution < -0.4 is 10.1 Å². The number of aromatic carboxylic acids is 1. The molecule has 0 aliphatic heterocycles. The minimum Gasteiger partial charge on any atom is -0.482 e. The first-order valence-electron chi connectivity index (χ1n) is 8.77. The first-order valence-corrected chi connectivity index (χ1v) is 8.77. The van der Waals surface area contributed by atoms with E-state index in [-0.39, 0.29) is 11.8 Å². The van der Waals surface area contributed by atoms with Gasteiger partial charge in [0.25, 0.3) is 0 Å². The van der Waals surface area contributed by atoms with Crippen molar-refractivity contribution in [3.63, 3.8) is 0 Å². The highest BCUT2D eigenvalue weighted by Gasteiger charge is 2.20. The molecular weight excluding hydrogens is 390 g/mol.